The van der Waals surface area contributed by atoms with E-state index < -0.39 is 0 Å². The Morgan fingerprint density at radius 2 is 1.71 bits per heavy atom. The molecular formula is C25H33N5O. The molecule has 3 aliphatic rings. The monoisotopic (exact) mass is 419 g/mol. The lowest BCUT2D eigenvalue weighted by Crippen LogP contribution is -2.44. The van der Waals surface area contributed by atoms with E-state index in [1.165, 1.54) is 30.5 Å². The first-order valence-electron chi connectivity index (χ1n) is 11.9. The molecule has 1 atom stereocenters. The fourth-order valence-electron chi connectivity index (χ4n) is 5.20. The molecule has 4 heterocycles. The van der Waals surface area contributed by atoms with Crippen LogP contribution >= 0.6 is 0 Å². The maximum Gasteiger partial charge on any atom is 0.230 e. The number of aromatic nitrogens is 1. The van der Waals surface area contributed by atoms with Crippen molar-refractivity contribution in [3.63, 3.8) is 0 Å². The predicted octanol–water partition coefficient (Wildman–Crippen LogP) is 3.08. The number of hydrogen-bond acceptors (Lipinski definition) is 5. The maximum atomic E-state index is 13.2. The van der Waals surface area contributed by atoms with Gasteiger partial charge in [0.15, 0.2) is 0 Å². The van der Waals surface area contributed by atoms with Crippen LogP contribution in [0.4, 0.5) is 17.2 Å². The van der Waals surface area contributed by atoms with E-state index >= 15 is 0 Å². The average Bonchev–Trinajstić information content (AvgIpc) is 3.20. The number of nitrogens with one attached hydrogen (secondary N) is 1. The first-order chi connectivity index (χ1) is 15.3. The summed E-state index contributed by atoms with van der Waals surface area (Å²) in [7, 11) is 0. The molecule has 5 rings (SSSR count). The van der Waals surface area contributed by atoms with Crippen molar-refractivity contribution in [3.8, 4) is 0 Å². The van der Waals surface area contributed by atoms with Crippen LogP contribution < -0.4 is 20.0 Å². The van der Waals surface area contributed by atoms with Gasteiger partial charge in [0, 0.05) is 57.4 Å². The van der Waals surface area contributed by atoms with Crippen molar-refractivity contribution in [2.45, 2.75) is 32.1 Å². The van der Waals surface area contributed by atoms with Crippen molar-refractivity contribution in [1.82, 2.24) is 10.3 Å². The third kappa shape index (κ3) is 4.40. The van der Waals surface area contributed by atoms with Gasteiger partial charge in [-0.15, -0.1) is 0 Å². The topological polar surface area (TPSA) is 51.7 Å². The molecule has 3 saturated heterocycles. The summed E-state index contributed by atoms with van der Waals surface area (Å²) in [6, 6.07) is 12.8. The minimum atomic E-state index is 0.0471. The number of piperazine rings is 1. The normalized spacial score (nSPS) is 22.3. The Labute approximate surface area is 185 Å². The smallest absolute Gasteiger partial charge is 0.230 e. The van der Waals surface area contributed by atoms with E-state index in [4.69, 9.17) is 0 Å². The molecule has 0 spiro atoms. The highest BCUT2D eigenvalue weighted by Crippen LogP contribution is 2.31. The van der Waals surface area contributed by atoms with Crippen LogP contribution in [0.25, 0.3) is 0 Å². The fraction of sp³-hybridized carbons (Fsp3) is 0.520. The molecule has 1 aromatic carbocycles. The van der Waals surface area contributed by atoms with Crippen LogP contribution in [0.5, 0.6) is 0 Å². The molecule has 164 valence electrons. The molecule has 0 aliphatic carbocycles. The minimum Gasteiger partial charge on any atom is -0.369 e. The Kier molecular flexibility index (Phi) is 6.07. The zero-order chi connectivity index (χ0) is 21.0. The lowest BCUT2D eigenvalue weighted by Gasteiger charge is -2.31. The van der Waals surface area contributed by atoms with Gasteiger partial charge in [-0.05, 0) is 55.9 Å². The Hall–Kier alpha value is -2.60. The number of benzene rings is 1. The van der Waals surface area contributed by atoms with E-state index in [0.29, 0.717) is 0 Å². The number of rotatable bonds is 5. The second kappa shape index (κ2) is 9.27. The molecule has 1 N–H and O–H groups in total. The molecule has 1 aromatic heterocycles. The van der Waals surface area contributed by atoms with Crippen molar-refractivity contribution >= 4 is 23.1 Å². The zero-order valence-corrected chi connectivity index (χ0v) is 18.3. The summed E-state index contributed by atoms with van der Waals surface area (Å²) in [5, 5.41) is 3.42. The zero-order valence-electron chi connectivity index (χ0n) is 18.3. The summed E-state index contributed by atoms with van der Waals surface area (Å²) < 4.78 is 0. The molecule has 0 saturated carbocycles. The van der Waals surface area contributed by atoms with Gasteiger partial charge >= 0.3 is 0 Å². The molecule has 31 heavy (non-hydrogen) atoms. The van der Waals surface area contributed by atoms with Crippen molar-refractivity contribution < 1.29 is 4.79 Å². The van der Waals surface area contributed by atoms with Gasteiger partial charge in [-0.3, -0.25) is 4.79 Å². The Morgan fingerprint density at radius 3 is 2.48 bits per heavy atom. The highest BCUT2D eigenvalue weighted by Gasteiger charge is 2.33. The van der Waals surface area contributed by atoms with Gasteiger partial charge in [0.25, 0.3) is 0 Å². The third-order valence-corrected chi connectivity index (χ3v) is 6.96. The van der Waals surface area contributed by atoms with Gasteiger partial charge in [-0.2, -0.15) is 0 Å². The van der Waals surface area contributed by atoms with Crippen molar-refractivity contribution in [3.05, 3.63) is 48.2 Å². The van der Waals surface area contributed by atoms with Crippen LogP contribution in [-0.2, 0) is 11.2 Å². The van der Waals surface area contributed by atoms with Crippen LogP contribution in [0.15, 0.2) is 42.6 Å². The lowest BCUT2D eigenvalue weighted by molar-refractivity contribution is -0.120. The number of carbonyl (C=O) groups excluding carboxylic acids is 1. The average molecular weight is 420 g/mol. The largest absolute Gasteiger partial charge is 0.369 e. The fourth-order valence-corrected chi connectivity index (χ4v) is 5.20. The highest BCUT2D eigenvalue weighted by atomic mass is 16.2. The van der Waals surface area contributed by atoms with Gasteiger partial charge in [0.2, 0.25) is 5.91 Å². The maximum absolute atomic E-state index is 13.2. The molecule has 6 nitrogen and oxygen atoms in total. The predicted molar refractivity (Wildman–Crippen MR) is 126 cm³/mol. The minimum absolute atomic E-state index is 0.0471. The summed E-state index contributed by atoms with van der Waals surface area (Å²) in [5.41, 5.74) is 3.52. The Bertz CT molecular complexity index is 887. The van der Waals surface area contributed by atoms with Crippen LogP contribution in [-0.4, -0.2) is 56.7 Å². The van der Waals surface area contributed by atoms with E-state index in [9.17, 15) is 4.79 Å². The molecule has 6 heteroatoms. The second-order valence-electron chi connectivity index (χ2n) is 8.97. The third-order valence-electron chi connectivity index (χ3n) is 6.96. The second-order valence-corrected chi connectivity index (χ2v) is 8.97. The van der Waals surface area contributed by atoms with E-state index in [2.05, 4.69) is 56.5 Å². The molecule has 0 radical (unpaired) electrons. The van der Waals surface area contributed by atoms with Crippen LogP contribution in [0.1, 0.15) is 31.2 Å². The summed E-state index contributed by atoms with van der Waals surface area (Å²) in [5.74, 6) is 1.32. The summed E-state index contributed by atoms with van der Waals surface area (Å²) in [6.45, 7) is 7.04. The van der Waals surface area contributed by atoms with Gasteiger partial charge < -0.3 is 20.0 Å². The summed E-state index contributed by atoms with van der Waals surface area (Å²) in [4.78, 5) is 24.7. The van der Waals surface area contributed by atoms with Crippen molar-refractivity contribution in [2.75, 3.05) is 60.5 Å². The van der Waals surface area contributed by atoms with Gasteiger partial charge in [0.05, 0.1) is 11.9 Å². The molecule has 2 aromatic rings. The summed E-state index contributed by atoms with van der Waals surface area (Å²) >= 11 is 0. The standard InChI is InChI=1S/C25H33N5O/c31-25-21(18-20-6-2-3-7-23(20)28-16-11-26-12-17-28)10-15-30(25)22-8-9-24(27-19-22)29-13-4-1-5-14-29/h2-3,6-9,19,21,26H,1,4-5,10-18H2/t21-/m0/s1. The Morgan fingerprint density at radius 1 is 0.903 bits per heavy atom. The quantitative estimate of drug-likeness (QED) is 0.807. The number of pyridine rings is 1. The van der Waals surface area contributed by atoms with E-state index in [-0.39, 0.29) is 11.8 Å². The summed E-state index contributed by atoms with van der Waals surface area (Å²) in [6.07, 6.45) is 7.41. The van der Waals surface area contributed by atoms with E-state index in [0.717, 1.165) is 70.2 Å². The molecule has 3 aliphatic heterocycles. The van der Waals surface area contributed by atoms with Crippen molar-refractivity contribution in [2.24, 2.45) is 5.92 Å². The molecular weight excluding hydrogens is 386 g/mol. The molecule has 3 fully saturated rings. The lowest BCUT2D eigenvalue weighted by atomic mass is 9.96. The number of hydrogen-bond donors (Lipinski definition) is 1. The first-order valence-corrected chi connectivity index (χ1v) is 11.9. The number of piperidine rings is 1. The van der Waals surface area contributed by atoms with Crippen LogP contribution in [0.3, 0.4) is 0 Å². The van der Waals surface area contributed by atoms with Gasteiger partial charge in [-0.1, -0.05) is 18.2 Å². The van der Waals surface area contributed by atoms with Crippen LogP contribution in [0.2, 0.25) is 0 Å². The highest BCUT2D eigenvalue weighted by molar-refractivity contribution is 5.97. The van der Waals surface area contributed by atoms with E-state index in [1.807, 2.05) is 11.1 Å². The molecule has 0 bridgehead atoms. The number of carbonyl (C=O) groups is 1. The van der Waals surface area contributed by atoms with Crippen molar-refractivity contribution in [1.29, 1.82) is 0 Å². The Balaban J connectivity index is 1.26. The molecule has 0 unspecified atom stereocenters. The van der Waals surface area contributed by atoms with Gasteiger partial charge in [0.1, 0.15) is 5.82 Å². The van der Waals surface area contributed by atoms with Gasteiger partial charge in [-0.25, -0.2) is 4.98 Å². The number of nitrogens with zero attached hydrogens (tertiary/aromatic N) is 4. The van der Waals surface area contributed by atoms with E-state index in [1.54, 1.807) is 0 Å². The number of amides is 1. The molecule has 1 amide bonds. The number of anilines is 3. The number of para-hydroxylation sites is 1. The van der Waals surface area contributed by atoms with Crippen LogP contribution in [0, 0.1) is 5.92 Å². The first kappa shape index (κ1) is 20.3. The SMILES string of the molecule is O=C1[C@H](Cc2ccccc2N2CCNCC2)CCN1c1ccc(N2CCCCC2)nc1.